The highest BCUT2D eigenvalue weighted by Gasteiger charge is 2.24. The third-order valence-corrected chi connectivity index (χ3v) is 6.70. The Balaban J connectivity index is 1.71. The second kappa shape index (κ2) is 8.96. The maximum absolute atomic E-state index is 14.8. The summed E-state index contributed by atoms with van der Waals surface area (Å²) in [5.74, 6) is -1.30. The number of benzene rings is 2. The van der Waals surface area contributed by atoms with Gasteiger partial charge in [-0.05, 0) is 24.3 Å². The predicted molar refractivity (Wildman–Crippen MR) is 120 cm³/mol. The Kier molecular flexibility index (Phi) is 6.23. The highest BCUT2D eigenvalue weighted by Crippen LogP contribution is 2.39. The van der Waals surface area contributed by atoms with E-state index >= 15 is 0 Å². The van der Waals surface area contributed by atoms with Crippen LogP contribution in [0.3, 0.4) is 0 Å². The average Bonchev–Trinajstić information content (AvgIpc) is 3.40. The highest BCUT2D eigenvalue weighted by molar-refractivity contribution is 7.92. The van der Waals surface area contributed by atoms with E-state index in [0.717, 1.165) is 18.2 Å². The van der Waals surface area contributed by atoms with Gasteiger partial charge >= 0.3 is 0 Å². The number of aromatic nitrogens is 3. The molecule has 4 aromatic rings. The van der Waals surface area contributed by atoms with Crippen molar-refractivity contribution in [3.05, 3.63) is 63.9 Å². The number of methoxy groups -OCH3 is 1. The van der Waals surface area contributed by atoms with Crippen LogP contribution in [0.4, 0.5) is 14.6 Å². The zero-order valence-corrected chi connectivity index (χ0v) is 19.4. The molecule has 0 fully saturated rings. The maximum atomic E-state index is 14.8. The van der Waals surface area contributed by atoms with Crippen molar-refractivity contribution in [2.45, 2.75) is 4.90 Å². The maximum Gasteiger partial charge on any atom is 0.266 e. The third kappa shape index (κ3) is 4.77. The smallest absolute Gasteiger partial charge is 0.266 e. The van der Waals surface area contributed by atoms with Crippen LogP contribution in [0.2, 0.25) is 5.02 Å². The molecule has 0 radical (unpaired) electrons. The van der Waals surface area contributed by atoms with Crippen molar-refractivity contribution in [2.24, 2.45) is 7.05 Å². The van der Waals surface area contributed by atoms with Gasteiger partial charge in [-0.15, -0.1) is 16.4 Å². The van der Waals surface area contributed by atoms with Crippen molar-refractivity contribution < 1.29 is 26.7 Å². The SMILES string of the molecule is COc1cc(-c2cc(F)ccc2Oc2cc(F)c(S(=O)(=O)Nc3cscn3)cc2Cl)n(C)n1. The van der Waals surface area contributed by atoms with Gasteiger partial charge in [0.25, 0.3) is 10.0 Å². The largest absolute Gasteiger partial charge is 0.480 e. The first kappa shape index (κ1) is 23.0. The highest BCUT2D eigenvalue weighted by atomic mass is 35.5. The van der Waals surface area contributed by atoms with Crippen molar-refractivity contribution in [3.63, 3.8) is 0 Å². The number of thiazole rings is 1. The Morgan fingerprint density at radius 3 is 2.61 bits per heavy atom. The van der Waals surface area contributed by atoms with Gasteiger partial charge in [0.1, 0.15) is 28.0 Å². The van der Waals surface area contributed by atoms with Crippen molar-refractivity contribution in [1.82, 2.24) is 14.8 Å². The molecule has 2 aromatic carbocycles. The van der Waals surface area contributed by atoms with E-state index in [0.29, 0.717) is 17.1 Å². The van der Waals surface area contributed by atoms with Crippen LogP contribution in [0.25, 0.3) is 11.3 Å². The monoisotopic (exact) mass is 512 g/mol. The van der Waals surface area contributed by atoms with Crippen molar-refractivity contribution in [2.75, 3.05) is 11.8 Å². The van der Waals surface area contributed by atoms with E-state index in [9.17, 15) is 17.2 Å². The summed E-state index contributed by atoms with van der Waals surface area (Å²) in [5, 5.41) is 5.42. The molecule has 0 amide bonds. The summed E-state index contributed by atoms with van der Waals surface area (Å²) in [4.78, 5) is 3.14. The van der Waals surface area contributed by atoms with Gasteiger partial charge < -0.3 is 9.47 Å². The van der Waals surface area contributed by atoms with Crippen molar-refractivity contribution >= 4 is 38.8 Å². The molecule has 0 aliphatic heterocycles. The van der Waals surface area contributed by atoms with Gasteiger partial charge in [0.15, 0.2) is 5.82 Å². The zero-order chi connectivity index (χ0) is 23.8. The summed E-state index contributed by atoms with van der Waals surface area (Å²) >= 11 is 7.39. The fourth-order valence-corrected chi connectivity index (χ4v) is 4.86. The summed E-state index contributed by atoms with van der Waals surface area (Å²) in [6.07, 6.45) is 0. The Bertz CT molecular complexity index is 1430. The second-order valence-electron chi connectivity index (χ2n) is 6.63. The Labute approximate surface area is 196 Å². The van der Waals surface area contributed by atoms with Gasteiger partial charge in [-0.25, -0.2) is 22.2 Å². The molecular formula is C20H15ClF2N4O4S2. The number of nitrogens with zero attached hydrogens (tertiary/aromatic N) is 3. The molecule has 0 aliphatic carbocycles. The molecule has 2 heterocycles. The summed E-state index contributed by atoms with van der Waals surface area (Å²) in [7, 11) is -1.21. The lowest BCUT2D eigenvalue weighted by Crippen LogP contribution is -2.15. The normalized spacial score (nSPS) is 11.4. The lowest BCUT2D eigenvalue weighted by atomic mass is 10.1. The summed E-state index contributed by atoms with van der Waals surface area (Å²) in [5.41, 5.74) is 2.19. The topological polar surface area (TPSA) is 95.3 Å². The molecule has 4 rings (SSSR count). The number of hydrogen-bond donors (Lipinski definition) is 1. The van der Waals surface area contributed by atoms with Gasteiger partial charge in [0, 0.05) is 30.1 Å². The minimum Gasteiger partial charge on any atom is -0.480 e. The van der Waals surface area contributed by atoms with E-state index in [2.05, 4.69) is 14.8 Å². The van der Waals surface area contributed by atoms with E-state index in [4.69, 9.17) is 21.1 Å². The van der Waals surface area contributed by atoms with Crippen LogP contribution in [0.15, 0.2) is 52.2 Å². The molecule has 172 valence electrons. The van der Waals surface area contributed by atoms with Gasteiger partial charge in [-0.3, -0.25) is 9.40 Å². The molecule has 0 saturated carbocycles. The fraction of sp³-hybridized carbons (Fsp3) is 0.100. The van der Waals surface area contributed by atoms with Crippen LogP contribution in [0.1, 0.15) is 0 Å². The minimum absolute atomic E-state index is 0.0541. The summed E-state index contributed by atoms with van der Waals surface area (Å²) < 4.78 is 68.3. The summed E-state index contributed by atoms with van der Waals surface area (Å²) in [6.45, 7) is 0. The van der Waals surface area contributed by atoms with E-state index in [1.807, 2.05) is 0 Å². The quantitative estimate of drug-likeness (QED) is 0.371. The van der Waals surface area contributed by atoms with Crippen molar-refractivity contribution in [3.8, 4) is 28.6 Å². The lowest BCUT2D eigenvalue weighted by Gasteiger charge is -2.14. The molecule has 8 nitrogen and oxygen atoms in total. The number of sulfonamides is 1. The molecule has 13 heteroatoms. The first-order chi connectivity index (χ1) is 15.7. The standard InChI is InChI=1S/C20H15ClF2N4O4S2/c1-27-15(8-20(25-27)30-2)12-5-11(22)3-4-16(12)31-17-7-14(23)18(6-13(17)21)33(28,29)26-19-9-32-10-24-19/h3-10,26H,1-2H3. The predicted octanol–water partition coefficient (Wildman–Crippen LogP) is 5.08. The fourth-order valence-electron chi connectivity index (χ4n) is 2.95. The molecule has 0 aliphatic rings. The van der Waals surface area contributed by atoms with E-state index in [1.54, 1.807) is 13.1 Å². The molecule has 0 bridgehead atoms. The Morgan fingerprint density at radius 2 is 1.94 bits per heavy atom. The van der Waals surface area contributed by atoms with Crippen LogP contribution < -0.4 is 14.2 Å². The molecule has 1 N–H and O–H groups in total. The molecule has 0 atom stereocenters. The van der Waals surface area contributed by atoms with Crippen LogP contribution in [0.5, 0.6) is 17.4 Å². The van der Waals surface area contributed by atoms with Gasteiger partial charge in [-0.2, -0.15) is 0 Å². The van der Waals surface area contributed by atoms with Gasteiger partial charge in [0.2, 0.25) is 5.88 Å². The van der Waals surface area contributed by atoms with E-state index in [1.165, 1.54) is 46.2 Å². The molecule has 0 spiro atoms. The van der Waals surface area contributed by atoms with Crippen molar-refractivity contribution in [1.29, 1.82) is 0 Å². The van der Waals surface area contributed by atoms with E-state index < -0.39 is 26.6 Å². The van der Waals surface area contributed by atoms with Crippen LogP contribution >= 0.6 is 22.9 Å². The number of aryl methyl sites for hydroxylation is 1. The Morgan fingerprint density at radius 1 is 1.15 bits per heavy atom. The minimum atomic E-state index is -4.28. The number of halogens is 3. The van der Waals surface area contributed by atoms with Crippen LogP contribution in [-0.4, -0.2) is 30.3 Å². The first-order valence-electron chi connectivity index (χ1n) is 9.14. The van der Waals surface area contributed by atoms with Crippen LogP contribution in [-0.2, 0) is 17.1 Å². The number of nitrogens with one attached hydrogen (secondary N) is 1. The van der Waals surface area contributed by atoms with Gasteiger partial charge in [-0.1, -0.05) is 11.6 Å². The number of anilines is 1. The summed E-state index contributed by atoms with van der Waals surface area (Å²) in [6, 6.07) is 7.06. The van der Waals surface area contributed by atoms with Gasteiger partial charge in [0.05, 0.1) is 23.3 Å². The first-order valence-corrected chi connectivity index (χ1v) is 11.9. The average molecular weight is 513 g/mol. The number of hydrogen-bond acceptors (Lipinski definition) is 7. The second-order valence-corrected chi connectivity index (χ2v) is 9.41. The molecule has 0 saturated heterocycles. The molecular weight excluding hydrogens is 498 g/mol. The molecule has 33 heavy (non-hydrogen) atoms. The lowest BCUT2D eigenvalue weighted by molar-refractivity contribution is 0.392. The molecule has 2 aromatic heterocycles. The third-order valence-electron chi connectivity index (χ3n) is 4.45. The van der Waals surface area contributed by atoms with Crippen LogP contribution in [0, 0.1) is 11.6 Å². The molecule has 0 unspecified atom stereocenters. The van der Waals surface area contributed by atoms with E-state index in [-0.39, 0.29) is 22.3 Å². The number of rotatable bonds is 7. The Hall–Kier alpha value is -3.22. The number of ether oxygens (including phenoxy) is 2. The zero-order valence-electron chi connectivity index (χ0n) is 17.0.